The summed E-state index contributed by atoms with van der Waals surface area (Å²) < 4.78 is 25.6. The molecule has 7 heteroatoms. The Kier molecular flexibility index (Phi) is 5.83. The van der Waals surface area contributed by atoms with Gasteiger partial charge in [0.15, 0.2) is 0 Å². The fourth-order valence-corrected chi connectivity index (χ4v) is 3.07. The van der Waals surface area contributed by atoms with E-state index in [0.29, 0.717) is 0 Å². The molecular weight excluding hydrogens is 326 g/mol. The molecule has 126 valence electrons. The summed E-state index contributed by atoms with van der Waals surface area (Å²) in [6.45, 7) is 1.66. The van der Waals surface area contributed by atoms with Gasteiger partial charge in [0.1, 0.15) is 0 Å². The van der Waals surface area contributed by atoms with Gasteiger partial charge in [-0.3, -0.25) is 4.79 Å². The number of hydrazone groups is 1. The van der Waals surface area contributed by atoms with E-state index in [9.17, 15) is 13.2 Å². The van der Waals surface area contributed by atoms with E-state index in [1.54, 1.807) is 18.2 Å². The molecule has 1 N–H and O–H groups in total. The third-order valence-electron chi connectivity index (χ3n) is 3.30. The van der Waals surface area contributed by atoms with Crippen molar-refractivity contribution in [2.75, 3.05) is 13.6 Å². The van der Waals surface area contributed by atoms with E-state index in [-0.39, 0.29) is 11.4 Å². The molecule has 0 aliphatic heterocycles. The lowest BCUT2D eigenvalue weighted by atomic mass is 10.2. The van der Waals surface area contributed by atoms with E-state index in [2.05, 4.69) is 10.5 Å². The number of likely N-dealkylation sites (N-methyl/N-ethyl adjacent to an activating group) is 1. The maximum absolute atomic E-state index is 12.3. The zero-order valence-corrected chi connectivity index (χ0v) is 14.3. The Balaban J connectivity index is 1.93. The van der Waals surface area contributed by atoms with Gasteiger partial charge >= 0.3 is 0 Å². The van der Waals surface area contributed by atoms with Crippen molar-refractivity contribution in [1.82, 2.24) is 9.73 Å². The second-order valence-corrected chi connectivity index (χ2v) is 7.32. The summed E-state index contributed by atoms with van der Waals surface area (Å²) in [6, 6.07) is 15.6. The molecule has 0 aliphatic carbocycles. The SMILES string of the molecule is Cc1ccc(/C=N\NC(=O)CN(C)S(=O)(=O)c2ccccc2)cc1. The van der Waals surface area contributed by atoms with Gasteiger partial charge in [-0.1, -0.05) is 48.0 Å². The van der Waals surface area contributed by atoms with Crippen LogP contribution in [0.3, 0.4) is 0 Å². The van der Waals surface area contributed by atoms with Crippen LogP contribution in [-0.4, -0.2) is 38.4 Å². The number of carbonyl (C=O) groups is 1. The van der Waals surface area contributed by atoms with Crippen LogP contribution in [0.25, 0.3) is 0 Å². The molecular formula is C17H19N3O3S. The van der Waals surface area contributed by atoms with Crippen molar-refractivity contribution in [2.45, 2.75) is 11.8 Å². The highest BCUT2D eigenvalue weighted by Crippen LogP contribution is 2.12. The third-order valence-corrected chi connectivity index (χ3v) is 5.12. The van der Waals surface area contributed by atoms with Crippen molar-refractivity contribution < 1.29 is 13.2 Å². The lowest BCUT2D eigenvalue weighted by molar-refractivity contribution is -0.121. The Labute approximate surface area is 141 Å². The fraction of sp³-hybridized carbons (Fsp3) is 0.176. The molecule has 1 amide bonds. The van der Waals surface area contributed by atoms with E-state index in [4.69, 9.17) is 0 Å². The summed E-state index contributed by atoms with van der Waals surface area (Å²) in [5.41, 5.74) is 4.29. The van der Waals surface area contributed by atoms with Gasteiger partial charge in [-0.25, -0.2) is 13.8 Å². The van der Waals surface area contributed by atoms with E-state index < -0.39 is 15.9 Å². The van der Waals surface area contributed by atoms with E-state index in [0.717, 1.165) is 15.4 Å². The van der Waals surface area contributed by atoms with E-state index in [1.807, 2.05) is 31.2 Å². The number of amides is 1. The van der Waals surface area contributed by atoms with Crippen molar-refractivity contribution in [1.29, 1.82) is 0 Å². The standard InChI is InChI=1S/C17H19N3O3S/c1-14-8-10-15(11-9-14)12-18-19-17(21)13-20(2)24(22,23)16-6-4-3-5-7-16/h3-12H,13H2,1-2H3,(H,19,21)/b18-12-. The number of carbonyl (C=O) groups excluding carboxylic acids is 1. The molecule has 24 heavy (non-hydrogen) atoms. The number of sulfonamides is 1. The van der Waals surface area contributed by atoms with Gasteiger partial charge in [0, 0.05) is 7.05 Å². The number of nitrogens with zero attached hydrogens (tertiary/aromatic N) is 2. The molecule has 2 aromatic rings. The highest BCUT2D eigenvalue weighted by Gasteiger charge is 2.22. The molecule has 2 rings (SSSR count). The molecule has 0 aromatic heterocycles. The van der Waals surface area contributed by atoms with Crippen molar-refractivity contribution >= 4 is 22.1 Å². The van der Waals surface area contributed by atoms with Gasteiger partial charge in [0.05, 0.1) is 17.7 Å². The molecule has 0 radical (unpaired) electrons. The van der Waals surface area contributed by atoms with E-state index >= 15 is 0 Å². The Hall–Kier alpha value is -2.51. The van der Waals surface area contributed by atoms with Gasteiger partial charge < -0.3 is 0 Å². The lowest BCUT2D eigenvalue weighted by Gasteiger charge is -2.15. The first-order valence-electron chi connectivity index (χ1n) is 7.29. The molecule has 0 unspecified atom stereocenters. The van der Waals surface area contributed by atoms with Gasteiger partial charge in [0.2, 0.25) is 10.0 Å². The molecule has 0 heterocycles. The van der Waals surface area contributed by atoms with Gasteiger partial charge in [0.25, 0.3) is 5.91 Å². The van der Waals surface area contributed by atoms with Gasteiger partial charge in [-0.15, -0.1) is 0 Å². The highest BCUT2D eigenvalue weighted by molar-refractivity contribution is 7.89. The normalized spacial score (nSPS) is 11.8. The van der Waals surface area contributed by atoms with Crippen LogP contribution in [0, 0.1) is 6.92 Å². The Bertz CT molecular complexity index is 816. The number of rotatable bonds is 6. The molecule has 0 aliphatic rings. The molecule has 6 nitrogen and oxygen atoms in total. The number of aryl methyl sites for hydroxylation is 1. The van der Waals surface area contributed by atoms with Crippen LogP contribution in [0.5, 0.6) is 0 Å². The predicted octanol–water partition coefficient (Wildman–Crippen LogP) is 1.77. The summed E-state index contributed by atoms with van der Waals surface area (Å²) in [5.74, 6) is -0.514. The minimum Gasteiger partial charge on any atom is -0.272 e. The number of nitrogens with one attached hydrogen (secondary N) is 1. The Morgan fingerprint density at radius 2 is 1.75 bits per heavy atom. The summed E-state index contributed by atoms with van der Waals surface area (Å²) in [4.78, 5) is 12.0. The van der Waals surface area contributed by atoms with Crippen molar-refractivity contribution in [2.24, 2.45) is 5.10 Å². The molecule has 2 aromatic carbocycles. The number of benzene rings is 2. The smallest absolute Gasteiger partial charge is 0.255 e. The first-order valence-corrected chi connectivity index (χ1v) is 8.73. The second kappa shape index (κ2) is 7.85. The monoisotopic (exact) mass is 345 g/mol. The van der Waals surface area contributed by atoms with Crippen LogP contribution in [0.2, 0.25) is 0 Å². The minimum absolute atomic E-state index is 0.142. The second-order valence-electron chi connectivity index (χ2n) is 5.28. The average Bonchev–Trinajstić information content (AvgIpc) is 2.57. The third kappa shape index (κ3) is 4.74. The average molecular weight is 345 g/mol. The zero-order valence-electron chi connectivity index (χ0n) is 13.5. The Morgan fingerprint density at radius 1 is 1.12 bits per heavy atom. The van der Waals surface area contributed by atoms with Gasteiger partial charge in [-0.2, -0.15) is 9.41 Å². The number of hydrogen-bond donors (Lipinski definition) is 1. The first kappa shape index (κ1) is 17.8. The summed E-state index contributed by atoms with van der Waals surface area (Å²) >= 11 is 0. The van der Waals surface area contributed by atoms with Crippen LogP contribution < -0.4 is 5.43 Å². The molecule has 0 saturated heterocycles. The van der Waals surface area contributed by atoms with Crippen molar-refractivity contribution in [3.05, 3.63) is 65.7 Å². The highest BCUT2D eigenvalue weighted by atomic mass is 32.2. The summed E-state index contributed by atoms with van der Waals surface area (Å²) in [5, 5.41) is 3.83. The maximum Gasteiger partial charge on any atom is 0.255 e. The van der Waals surface area contributed by atoms with Crippen LogP contribution in [0.1, 0.15) is 11.1 Å². The quantitative estimate of drug-likeness (QED) is 0.640. The molecule has 0 spiro atoms. The summed E-state index contributed by atoms with van der Waals surface area (Å²) in [7, 11) is -2.34. The van der Waals surface area contributed by atoms with Crippen LogP contribution in [-0.2, 0) is 14.8 Å². The van der Waals surface area contributed by atoms with Crippen molar-refractivity contribution in [3.8, 4) is 0 Å². The molecule has 0 saturated carbocycles. The van der Waals surface area contributed by atoms with Crippen molar-refractivity contribution in [3.63, 3.8) is 0 Å². The molecule has 0 atom stereocenters. The molecule has 0 fully saturated rings. The molecule has 0 bridgehead atoms. The fourth-order valence-electron chi connectivity index (χ4n) is 1.93. The predicted molar refractivity (Wildman–Crippen MR) is 93.2 cm³/mol. The van der Waals surface area contributed by atoms with Gasteiger partial charge in [-0.05, 0) is 24.6 Å². The van der Waals surface area contributed by atoms with Crippen LogP contribution in [0.4, 0.5) is 0 Å². The zero-order chi connectivity index (χ0) is 17.6. The minimum atomic E-state index is -3.70. The van der Waals surface area contributed by atoms with Crippen LogP contribution >= 0.6 is 0 Å². The topological polar surface area (TPSA) is 78.8 Å². The maximum atomic E-state index is 12.3. The lowest BCUT2D eigenvalue weighted by Crippen LogP contribution is -2.36. The van der Waals surface area contributed by atoms with E-state index in [1.165, 1.54) is 25.4 Å². The summed E-state index contributed by atoms with van der Waals surface area (Å²) in [6.07, 6.45) is 1.50. The largest absolute Gasteiger partial charge is 0.272 e. The van der Waals surface area contributed by atoms with Crippen LogP contribution in [0.15, 0.2) is 64.6 Å². The Morgan fingerprint density at radius 3 is 2.38 bits per heavy atom. The number of hydrogen-bond acceptors (Lipinski definition) is 4. The first-order chi connectivity index (χ1) is 11.4.